The lowest BCUT2D eigenvalue weighted by molar-refractivity contribution is -0.661. The minimum Gasteiger partial charge on any atom is -0.201 e. The highest BCUT2D eigenvalue weighted by Gasteiger charge is 2.19. The second-order valence-corrected chi connectivity index (χ2v) is 5.78. The van der Waals surface area contributed by atoms with Gasteiger partial charge in [0.15, 0.2) is 6.20 Å². The van der Waals surface area contributed by atoms with Crippen molar-refractivity contribution in [2.24, 2.45) is 7.05 Å². The van der Waals surface area contributed by atoms with Gasteiger partial charge in [0.25, 0.3) is 0 Å². The molecule has 0 saturated heterocycles. The summed E-state index contributed by atoms with van der Waals surface area (Å²) >= 11 is 0. The smallest absolute Gasteiger partial charge is 0.201 e. The number of rotatable bonds is 2. The van der Waals surface area contributed by atoms with E-state index in [-0.39, 0.29) is 0 Å². The molecular weight excluding hydrogens is 242 g/mol. The normalized spacial score (nSPS) is 15.3. The van der Waals surface area contributed by atoms with Crippen LogP contribution in [0, 0.1) is 27.6 Å². The van der Waals surface area contributed by atoms with E-state index in [0.29, 0.717) is 5.56 Å². The van der Waals surface area contributed by atoms with Crippen LogP contribution >= 0.6 is 0 Å². The van der Waals surface area contributed by atoms with E-state index in [4.69, 9.17) is 5.48 Å². The predicted molar refractivity (Wildman–Crippen MR) is 86.1 cm³/mol. The molecule has 0 atom stereocenters. The zero-order valence-corrected chi connectivity index (χ0v) is 13.3. The van der Waals surface area contributed by atoms with Crippen LogP contribution in [0.4, 0.5) is 0 Å². The van der Waals surface area contributed by atoms with E-state index in [1.54, 1.807) is 6.20 Å². The van der Waals surface area contributed by atoms with E-state index >= 15 is 0 Å². The second kappa shape index (κ2) is 5.40. The molecule has 106 valence electrons. The first-order chi connectivity index (χ1) is 10.8. The molecule has 0 unspecified atom stereocenters. The van der Waals surface area contributed by atoms with Crippen LogP contribution in [0.5, 0.6) is 0 Å². The number of nitrogens with zero attached hydrogens (tertiary/aromatic N) is 1. The summed E-state index contributed by atoms with van der Waals surface area (Å²) in [6, 6.07) is 6.08. The Morgan fingerprint density at radius 3 is 2.35 bits per heavy atom. The Labute approximate surface area is 128 Å². The average Bonchev–Trinajstić information content (AvgIpc) is 2.42. The maximum Gasteiger partial charge on any atom is 0.215 e. The van der Waals surface area contributed by atoms with Crippen molar-refractivity contribution in [3.05, 3.63) is 52.2 Å². The molecule has 1 heterocycles. The van der Waals surface area contributed by atoms with E-state index in [1.807, 2.05) is 58.4 Å². The predicted octanol–water partition coefficient (Wildman–Crippen LogP) is 4.54. The maximum absolute atomic E-state index is 8.19. The molecule has 0 aliphatic rings. The molecule has 0 spiro atoms. The fourth-order valence-electron chi connectivity index (χ4n) is 2.63. The molecule has 0 radical (unpaired) electrons. The van der Waals surface area contributed by atoms with Crippen molar-refractivity contribution in [1.82, 2.24) is 0 Å². The minimum atomic E-state index is -2.11. The molecule has 1 aromatic heterocycles. The van der Waals surface area contributed by atoms with Gasteiger partial charge in [-0.05, 0) is 56.3 Å². The van der Waals surface area contributed by atoms with E-state index in [0.717, 1.165) is 33.5 Å². The van der Waals surface area contributed by atoms with E-state index in [9.17, 15) is 0 Å². The van der Waals surface area contributed by atoms with E-state index in [2.05, 4.69) is 6.07 Å². The summed E-state index contributed by atoms with van der Waals surface area (Å²) in [4.78, 5) is 0. The molecule has 20 heavy (non-hydrogen) atoms. The first kappa shape index (κ1) is 10.1. The Morgan fingerprint density at radius 2 is 1.80 bits per heavy atom. The molecule has 0 amide bonds. The van der Waals surface area contributed by atoms with Crippen LogP contribution in [-0.2, 0) is 7.05 Å². The number of benzene rings is 1. The fourth-order valence-corrected chi connectivity index (χ4v) is 2.63. The van der Waals surface area contributed by atoms with Crippen molar-refractivity contribution in [3.8, 4) is 11.3 Å². The van der Waals surface area contributed by atoms with Crippen LogP contribution in [0.1, 0.15) is 53.0 Å². The number of pyridine rings is 1. The standard InChI is InChI=1S/C19H26N/c1-12(2)17-8-9-18(13(3)10-17)19-16(6)15(5)14(4)11-20(19)7/h8-12H,1-7H3/q+1/i4D3,12D. The summed E-state index contributed by atoms with van der Waals surface area (Å²) in [6.07, 6.45) is 1.71. The lowest BCUT2D eigenvalue weighted by Crippen LogP contribution is -2.33. The highest BCUT2D eigenvalue weighted by Crippen LogP contribution is 2.28. The first-order valence-corrected chi connectivity index (χ1v) is 6.96. The zero-order chi connectivity index (χ0) is 18.4. The van der Waals surface area contributed by atoms with Crippen LogP contribution in [0.25, 0.3) is 11.3 Å². The summed E-state index contributed by atoms with van der Waals surface area (Å²) in [7, 11) is 1.89. The zero-order valence-electron chi connectivity index (χ0n) is 17.3. The third-order valence-electron chi connectivity index (χ3n) is 4.06. The molecular formula is C19H26N+. The van der Waals surface area contributed by atoms with Gasteiger partial charge in [0.2, 0.25) is 5.69 Å². The van der Waals surface area contributed by atoms with Crippen LogP contribution in [0.3, 0.4) is 0 Å². The summed E-state index contributed by atoms with van der Waals surface area (Å²) in [6.45, 7) is 7.53. The molecule has 1 heteroatoms. The van der Waals surface area contributed by atoms with Crippen molar-refractivity contribution in [1.29, 1.82) is 0 Å². The molecule has 1 aromatic carbocycles. The first-order valence-electron chi connectivity index (χ1n) is 8.96. The summed E-state index contributed by atoms with van der Waals surface area (Å²) in [5.74, 6) is -0.637. The quantitative estimate of drug-likeness (QED) is 0.707. The van der Waals surface area contributed by atoms with Gasteiger partial charge in [0, 0.05) is 22.2 Å². The van der Waals surface area contributed by atoms with Crippen molar-refractivity contribution >= 4 is 0 Å². The van der Waals surface area contributed by atoms with Gasteiger partial charge in [-0.15, -0.1) is 0 Å². The number of aryl methyl sites for hydroxylation is 3. The van der Waals surface area contributed by atoms with Crippen LogP contribution in [0.2, 0.25) is 0 Å². The SMILES string of the molecule is [2H]C([2H])([2H])c1c[n+](C)c(-c2ccc(C([2H])(C)C)cc2C)c(C)c1C. The molecule has 0 aliphatic heterocycles. The lowest BCUT2D eigenvalue weighted by atomic mass is 9.93. The Balaban J connectivity index is 2.69. The van der Waals surface area contributed by atoms with E-state index < -0.39 is 12.7 Å². The Morgan fingerprint density at radius 1 is 1.10 bits per heavy atom. The van der Waals surface area contributed by atoms with Gasteiger partial charge in [-0.1, -0.05) is 26.0 Å². The third kappa shape index (κ3) is 2.49. The molecule has 2 aromatic rings. The van der Waals surface area contributed by atoms with Gasteiger partial charge >= 0.3 is 0 Å². The average molecular weight is 272 g/mol. The monoisotopic (exact) mass is 272 g/mol. The van der Waals surface area contributed by atoms with Crippen LogP contribution in [-0.4, -0.2) is 0 Å². The van der Waals surface area contributed by atoms with Crippen molar-refractivity contribution in [2.75, 3.05) is 0 Å². The largest absolute Gasteiger partial charge is 0.215 e. The molecule has 2 rings (SSSR count). The van der Waals surface area contributed by atoms with Gasteiger partial charge in [-0.3, -0.25) is 0 Å². The molecule has 0 aliphatic carbocycles. The molecule has 1 nitrogen and oxygen atoms in total. The van der Waals surface area contributed by atoms with Crippen molar-refractivity contribution in [2.45, 2.75) is 47.4 Å². The van der Waals surface area contributed by atoms with Crippen molar-refractivity contribution < 1.29 is 10.1 Å². The number of hydrogen-bond donors (Lipinski definition) is 0. The number of aromatic nitrogens is 1. The third-order valence-corrected chi connectivity index (χ3v) is 4.06. The Hall–Kier alpha value is -1.63. The highest BCUT2D eigenvalue weighted by molar-refractivity contribution is 5.66. The van der Waals surface area contributed by atoms with Gasteiger partial charge < -0.3 is 0 Å². The molecule has 0 saturated carbocycles. The summed E-state index contributed by atoms with van der Waals surface area (Å²) in [5.41, 5.74) is 6.34. The van der Waals surface area contributed by atoms with Crippen molar-refractivity contribution in [3.63, 3.8) is 0 Å². The fraction of sp³-hybridized carbons (Fsp3) is 0.421. The van der Waals surface area contributed by atoms with Gasteiger partial charge in [0.05, 0.1) is 0 Å². The molecule has 0 fully saturated rings. The Bertz CT molecular complexity index is 783. The van der Waals surface area contributed by atoms with Crippen LogP contribution in [0.15, 0.2) is 24.4 Å². The maximum atomic E-state index is 8.19. The molecule has 0 bridgehead atoms. The highest BCUT2D eigenvalue weighted by atomic mass is 14.9. The second-order valence-electron chi connectivity index (χ2n) is 5.78. The number of hydrogen-bond acceptors (Lipinski definition) is 0. The van der Waals surface area contributed by atoms with Gasteiger partial charge in [-0.2, -0.15) is 0 Å². The summed E-state index contributed by atoms with van der Waals surface area (Å²) in [5, 5.41) is 0. The van der Waals surface area contributed by atoms with E-state index in [1.165, 1.54) is 0 Å². The minimum absolute atomic E-state index is 0.396. The Kier molecular flexibility index (Phi) is 2.74. The van der Waals surface area contributed by atoms with Gasteiger partial charge in [-0.25, -0.2) is 4.57 Å². The van der Waals surface area contributed by atoms with Crippen LogP contribution < -0.4 is 4.57 Å². The summed E-state index contributed by atoms with van der Waals surface area (Å²) < 4.78 is 33.3. The lowest BCUT2D eigenvalue weighted by Gasteiger charge is -2.13. The topological polar surface area (TPSA) is 3.88 Å². The van der Waals surface area contributed by atoms with Gasteiger partial charge in [0.1, 0.15) is 7.05 Å². The molecule has 0 N–H and O–H groups in total.